The number of para-hydroxylation sites is 2. The predicted molar refractivity (Wildman–Crippen MR) is 76.5 cm³/mol. The minimum absolute atomic E-state index is 0.0727. The third-order valence-corrected chi connectivity index (χ3v) is 7.04. The Morgan fingerprint density at radius 3 is 2.12 bits per heavy atom. The molecule has 0 unspecified atom stereocenters. The number of benzene rings is 2. The fourth-order valence-corrected chi connectivity index (χ4v) is 4.27. The van der Waals surface area contributed by atoms with Crippen LogP contribution in [0.3, 0.4) is 0 Å². The Hall–Kier alpha value is -0.440. The van der Waals surface area contributed by atoms with E-state index in [4.69, 9.17) is 0 Å². The topological polar surface area (TPSA) is 25.8 Å². The summed E-state index contributed by atoms with van der Waals surface area (Å²) in [4.78, 5) is 9.24. The summed E-state index contributed by atoms with van der Waals surface area (Å²) in [5, 5.41) is 0. The standard InChI is InChI=1S/C12H7IN2Te/c13-16-8-5-6-11-12(7-8)15-10-4-2-1-3-9(10)14-11/h1-7H. The number of halogens is 1. The van der Waals surface area contributed by atoms with Crippen molar-refractivity contribution >= 4 is 61.4 Å². The molecule has 0 bridgehead atoms. The van der Waals surface area contributed by atoms with Crippen molar-refractivity contribution in [1.29, 1.82) is 0 Å². The fraction of sp³-hybridized carbons (Fsp3) is 0. The van der Waals surface area contributed by atoms with Gasteiger partial charge in [-0.1, -0.05) is 0 Å². The first-order valence-electron chi connectivity index (χ1n) is 4.82. The molecule has 0 aliphatic carbocycles. The number of fused-ring (bicyclic) bond motifs is 2. The van der Waals surface area contributed by atoms with Crippen LogP contribution in [0.15, 0.2) is 42.5 Å². The quantitative estimate of drug-likeness (QED) is 0.335. The summed E-state index contributed by atoms with van der Waals surface area (Å²) in [5.41, 5.74) is 3.94. The molecule has 1 heterocycles. The Morgan fingerprint density at radius 1 is 0.812 bits per heavy atom. The van der Waals surface area contributed by atoms with Gasteiger partial charge >= 0.3 is 114 Å². The molecule has 0 aliphatic heterocycles. The zero-order chi connectivity index (χ0) is 11.0. The van der Waals surface area contributed by atoms with Gasteiger partial charge in [-0.15, -0.1) is 0 Å². The van der Waals surface area contributed by atoms with Crippen LogP contribution >= 0.6 is 18.7 Å². The summed E-state index contributed by atoms with van der Waals surface area (Å²) in [7, 11) is 0. The molecule has 4 heteroatoms. The van der Waals surface area contributed by atoms with Crippen LogP contribution in [0.1, 0.15) is 0 Å². The van der Waals surface area contributed by atoms with Gasteiger partial charge < -0.3 is 0 Å². The van der Waals surface area contributed by atoms with E-state index >= 15 is 0 Å². The average Bonchev–Trinajstić information content (AvgIpc) is 2.35. The molecule has 0 saturated heterocycles. The Labute approximate surface area is 113 Å². The minimum atomic E-state index is -0.0727. The molecular formula is C12H7IN2Te. The van der Waals surface area contributed by atoms with E-state index in [1.165, 1.54) is 3.61 Å². The Kier molecular flexibility index (Phi) is 2.97. The van der Waals surface area contributed by atoms with E-state index in [1.54, 1.807) is 0 Å². The van der Waals surface area contributed by atoms with Crippen LogP contribution in [0.2, 0.25) is 0 Å². The second-order valence-electron chi connectivity index (χ2n) is 3.44. The maximum atomic E-state index is 4.64. The molecule has 16 heavy (non-hydrogen) atoms. The van der Waals surface area contributed by atoms with Gasteiger partial charge in [0.2, 0.25) is 0 Å². The molecule has 2 aromatic carbocycles. The molecule has 0 radical (unpaired) electrons. The van der Waals surface area contributed by atoms with E-state index in [0.717, 1.165) is 22.1 Å². The van der Waals surface area contributed by atoms with Gasteiger partial charge in [0, 0.05) is 0 Å². The Balaban J connectivity index is 2.37. The van der Waals surface area contributed by atoms with E-state index in [0.29, 0.717) is 0 Å². The average molecular weight is 434 g/mol. The number of hydrogen-bond acceptors (Lipinski definition) is 2. The van der Waals surface area contributed by atoms with Crippen molar-refractivity contribution in [2.45, 2.75) is 0 Å². The third-order valence-electron chi connectivity index (χ3n) is 2.40. The second-order valence-corrected chi connectivity index (χ2v) is 8.18. The van der Waals surface area contributed by atoms with Gasteiger partial charge in [-0.3, -0.25) is 0 Å². The molecule has 2 nitrogen and oxygen atoms in total. The van der Waals surface area contributed by atoms with E-state index in [2.05, 4.69) is 46.9 Å². The molecule has 0 amide bonds. The number of hydrogen-bond donors (Lipinski definition) is 0. The maximum absolute atomic E-state index is 4.64. The van der Waals surface area contributed by atoms with Gasteiger partial charge in [-0.05, 0) is 0 Å². The second kappa shape index (κ2) is 4.44. The Morgan fingerprint density at radius 2 is 1.44 bits per heavy atom. The van der Waals surface area contributed by atoms with Crippen molar-refractivity contribution in [3.8, 4) is 0 Å². The predicted octanol–water partition coefficient (Wildman–Crippen LogP) is 2.46. The first-order chi connectivity index (χ1) is 7.86. The fourth-order valence-electron chi connectivity index (χ4n) is 1.65. The zero-order valence-electron chi connectivity index (χ0n) is 8.22. The number of aromatic nitrogens is 2. The van der Waals surface area contributed by atoms with E-state index < -0.39 is 0 Å². The summed E-state index contributed by atoms with van der Waals surface area (Å²) in [6, 6.07) is 14.4. The van der Waals surface area contributed by atoms with Gasteiger partial charge in [0.15, 0.2) is 0 Å². The molecule has 0 aliphatic rings. The SMILES string of the molecule is I[Te]c1ccc2nc3ccccc3nc2c1. The van der Waals surface area contributed by atoms with Gasteiger partial charge in [0.25, 0.3) is 0 Å². The normalized spacial score (nSPS) is 11.1. The number of rotatable bonds is 1. The van der Waals surface area contributed by atoms with Crippen LogP contribution < -0.4 is 3.61 Å². The van der Waals surface area contributed by atoms with Crippen LogP contribution in [0.25, 0.3) is 22.1 Å². The molecule has 0 fully saturated rings. The van der Waals surface area contributed by atoms with Crippen LogP contribution in [-0.2, 0) is 0 Å². The zero-order valence-corrected chi connectivity index (χ0v) is 12.7. The van der Waals surface area contributed by atoms with Crippen molar-refractivity contribution in [2.24, 2.45) is 0 Å². The van der Waals surface area contributed by atoms with Crippen LogP contribution in [0, 0.1) is 0 Å². The van der Waals surface area contributed by atoms with Crippen molar-refractivity contribution < 1.29 is 0 Å². The van der Waals surface area contributed by atoms with E-state index in [9.17, 15) is 0 Å². The molecule has 3 rings (SSSR count). The van der Waals surface area contributed by atoms with Gasteiger partial charge in [-0.25, -0.2) is 0 Å². The summed E-state index contributed by atoms with van der Waals surface area (Å²) in [6.45, 7) is 0. The van der Waals surface area contributed by atoms with Crippen molar-refractivity contribution in [3.63, 3.8) is 0 Å². The van der Waals surface area contributed by atoms with Crippen molar-refractivity contribution in [1.82, 2.24) is 9.97 Å². The molecule has 1 aromatic heterocycles. The van der Waals surface area contributed by atoms with E-state index in [1.807, 2.05) is 24.3 Å². The van der Waals surface area contributed by atoms with E-state index in [-0.39, 0.29) is 17.0 Å². The summed E-state index contributed by atoms with van der Waals surface area (Å²) in [6.07, 6.45) is 0. The van der Waals surface area contributed by atoms with Crippen molar-refractivity contribution in [2.75, 3.05) is 0 Å². The summed E-state index contributed by atoms with van der Waals surface area (Å²) in [5.74, 6) is 0. The molecular weight excluding hydrogens is 427 g/mol. The Bertz CT molecular complexity index is 669. The van der Waals surface area contributed by atoms with Gasteiger partial charge in [0.1, 0.15) is 0 Å². The number of nitrogens with zero attached hydrogens (tertiary/aromatic N) is 2. The summed E-state index contributed by atoms with van der Waals surface area (Å²) < 4.78 is 1.42. The monoisotopic (exact) mass is 436 g/mol. The molecule has 0 atom stereocenters. The molecule has 0 N–H and O–H groups in total. The molecule has 0 saturated carbocycles. The van der Waals surface area contributed by atoms with Crippen LogP contribution in [0.5, 0.6) is 0 Å². The third kappa shape index (κ3) is 1.90. The first-order valence-corrected chi connectivity index (χ1v) is 12.8. The molecule has 78 valence electrons. The molecule has 0 spiro atoms. The van der Waals surface area contributed by atoms with Gasteiger partial charge in [-0.2, -0.15) is 0 Å². The summed E-state index contributed by atoms with van der Waals surface area (Å²) >= 11 is 2.41. The molecule has 3 aromatic rings. The van der Waals surface area contributed by atoms with Crippen LogP contribution in [0.4, 0.5) is 0 Å². The van der Waals surface area contributed by atoms with Crippen LogP contribution in [-0.4, -0.2) is 26.9 Å². The van der Waals surface area contributed by atoms with Gasteiger partial charge in [0.05, 0.1) is 0 Å². The van der Waals surface area contributed by atoms with Crippen molar-refractivity contribution in [3.05, 3.63) is 42.5 Å². The first kappa shape index (κ1) is 10.7.